The molecule has 1 aromatic carbocycles. The number of imide groups is 1. The van der Waals surface area contributed by atoms with E-state index in [9.17, 15) is 14.7 Å². The van der Waals surface area contributed by atoms with Gasteiger partial charge in [-0.25, -0.2) is 0 Å². The van der Waals surface area contributed by atoms with Crippen molar-refractivity contribution in [2.45, 2.75) is 83.5 Å². The van der Waals surface area contributed by atoms with Crippen LogP contribution in [0, 0.1) is 40.4 Å². The third-order valence-corrected chi connectivity index (χ3v) is 12.3. The van der Waals surface area contributed by atoms with E-state index in [4.69, 9.17) is 9.47 Å². The zero-order chi connectivity index (χ0) is 25.6. The van der Waals surface area contributed by atoms with E-state index >= 15 is 0 Å². The second-order valence-electron chi connectivity index (χ2n) is 13.4. The first-order valence-electron chi connectivity index (χ1n) is 14.7. The first-order chi connectivity index (χ1) is 17.8. The van der Waals surface area contributed by atoms with Gasteiger partial charge in [-0.15, -0.1) is 0 Å². The van der Waals surface area contributed by atoms with Crippen LogP contribution in [0.25, 0.3) is 0 Å². The fraction of sp³-hybridized carbons (Fsp3) is 0.742. The number of fused-ring (bicyclic) bond motifs is 6. The third-order valence-electron chi connectivity index (χ3n) is 12.3. The Balaban J connectivity index is 1.16. The molecule has 0 bridgehead atoms. The molecule has 6 heteroatoms. The smallest absolute Gasteiger partial charge is 0.261 e. The van der Waals surface area contributed by atoms with Crippen LogP contribution >= 0.6 is 0 Å². The van der Waals surface area contributed by atoms with Gasteiger partial charge in [0.15, 0.2) is 5.79 Å². The maximum atomic E-state index is 13.1. The normalized spacial score (nSPS) is 44.0. The average Bonchev–Trinajstić information content (AvgIpc) is 3.56. The van der Waals surface area contributed by atoms with Crippen molar-refractivity contribution in [3.8, 4) is 0 Å². The quantitative estimate of drug-likeness (QED) is 0.580. The molecule has 6 unspecified atom stereocenters. The molecule has 1 saturated heterocycles. The Morgan fingerprint density at radius 3 is 2.19 bits per heavy atom. The summed E-state index contributed by atoms with van der Waals surface area (Å²) in [5.74, 6) is 1.68. The van der Waals surface area contributed by atoms with Crippen LogP contribution in [-0.4, -0.2) is 53.5 Å². The highest BCUT2D eigenvalue weighted by atomic mass is 16.7. The summed E-state index contributed by atoms with van der Waals surface area (Å²) in [6.45, 7) is 6.54. The zero-order valence-corrected chi connectivity index (χ0v) is 22.3. The van der Waals surface area contributed by atoms with Crippen molar-refractivity contribution in [1.82, 2.24) is 4.90 Å². The van der Waals surface area contributed by atoms with Crippen molar-refractivity contribution in [2.75, 3.05) is 19.8 Å². The number of aliphatic hydroxyl groups excluding tert-OH is 1. The van der Waals surface area contributed by atoms with Gasteiger partial charge >= 0.3 is 0 Å². The van der Waals surface area contributed by atoms with Gasteiger partial charge in [-0.2, -0.15) is 0 Å². The molecule has 2 amide bonds. The van der Waals surface area contributed by atoms with Gasteiger partial charge in [-0.1, -0.05) is 26.0 Å². The largest absolute Gasteiger partial charge is 0.393 e. The molecule has 4 saturated carbocycles. The molecule has 6 nitrogen and oxygen atoms in total. The van der Waals surface area contributed by atoms with Gasteiger partial charge in [0.1, 0.15) is 0 Å². The highest BCUT2D eigenvalue weighted by Crippen LogP contribution is 2.68. The van der Waals surface area contributed by atoms with Crippen molar-refractivity contribution in [2.24, 2.45) is 40.4 Å². The van der Waals surface area contributed by atoms with E-state index in [1.807, 2.05) is 12.1 Å². The second kappa shape index (κ2) is 8.37. The fourth-order valence-electron chi connectivity index (χ4n) is 10.4. The Kier molecular flexibility index (Phi) is 5.49. The molecule has 37 heavy (non-hydrogen) atoms. The van der Waals surface area contributed by atoms with E-state index < -0.39 is 5.79 Å². The van der Waals surface area contributed by atoms with Crippen LogP contribution in [0.3, 0.4) is 0 Å². The van der Waals surface area contributed by atoms with Gasteiger partial charge in [-0.05, 0) is 98.0 Å². The van der Waals surface area contributed by atoms with Crippen LogP contribution in [0.15, 0.2) is 24.3 Å². The molecule has 0 radical (unpaired) electrons. The fourth-order valence-corrected chi connectivity index (χ4v) is 10.4. The van der Waals surface area contributed by atoms with Crippen molar-refractivity contribution >= 4 is 11.8 Å². The van der Waals surface area contributed by atoms with Gasteiger partial charge in [-0.3, -0.25) is 14.5 Å². The summed E-state index contributed by atoms with van der Waals surface area (Å²) < 4.78 is 12.8. The molecular formula is C31H41NO5. The van der Waals surface area contributed by atoms with E-state index in [2.05, 4.69) is 13.8 Å². The van der Waals surface area contributed by atoms with E-state index in [-0.39, 0.29) is 34.7 Å². The molecule has 5 fully saturated rings. The van der Waals surface area contributed by atoms with Crippen LogP contribution in [0.4, 0.5) is 0 Å². The predicted molar refractivity (Wildman–Crippen MR) is 138 cm³/mol. The van der Waals surface area contributed by atoms with Crippen LogP contribution in [0.2, 0.25) is 0 Å². The summed E-state index contributed by atoms with van der Waals surface area (Å²) in [5.41, 5.74) is 1.33. The molecule has 1 spiro atoms. The summed E-state index contributed by atoms with van der Waals surface area (Å²) in [7, 11) is 0. The van der Waals surface area contributed by atoms with Gasteiger partial charge in [0.05, 0.1) is 30.4 Å². The second-order valence-corrected chi connectivity index (χ2v) is 13.4. The van der Waals surface area contributed by atoms with Crippen molar-refractivity contribution in [3.05, 3.63) is 35.4 Å². The van der Waals surface area contributed by atoms with E-state index in [0.29, 0.717) is 54.6 Å². The number of hydrogen-bond acceptors (Lipinski definition) is 5. The lowest BCUT2D eigenvalue weighted by Gasteiger charge is -2.64. The number of hydrogen-bond donors (Lipinski definition) is 1. The summed E-state index contributed by atoms with van der Waals surface area (Å²) in [5, 5.41) is 10.8. The molecule has 6 aliphatic rings. The number of nitrogens with zero attached hydrogens (tertiary/aromatic N) is 1. The zero-order valence-electron chi connectivity index (χ0n) is 22.3. The Labute approximate surface area is 220 Å². The number of rotatable bonds is 3. The first kappa shape index (κ1) is 24.3. The number of ether oxygens (including phenoxy) is 2. The monoisotopic (exact) mass is 507 g/mol. The number of benzene rings is 1. The number of carbonyl (C=O) groups is 2. The van der Waals surface area contributed by atoms with Gasteiger partial charge in [0.25, 0.3) is 11.8 Å². The van der Waals surface area contributed by atoms with Gasteiger partial charge < -0.3 is 14.6 Å². The maximum absolute atomic E-state index is 13.1. The highest BCUT2D eigenvalue weighted by Gasteiger charge is 2.65. The predicted octanol–water partition coefficient (Wildman–Crippen LogP) is 5.05. The summed E-state index contributed by atoms with van der Waals surface area (Å²) in [6.07, 6.45) is 9.36. The Morgan fingerprint density at radius 2 is 1.49 bits per heavy atom. The Hall–Kier alpha value is -1.76. The van der Waals surface area contributed by atoms with Crippen molar-refractivity contribution in [3.63, 3.8) is 0 Å². The van der Waals surface area contributed by atoms with E-state index in [1.54, 1.807) is 12.1 Å². The SMILES string of the molecule is CC12CCC3C(CC[C@H]4[C@H](CCN5C(=O)c6ccccc6C5=O)C5(CCC34C)OCCO5)C1CCC2O. The van der Waals surface area contributed by atoms with Crippen molar-refractivity contribution < 1.29 is 24.2 Å². The standard InChI is InChI=1S/C31H41NO5/c1-29-14-15-31(36-17-18-37-31)25(12-16-32-27(34)19-5-3-4-6-20(19)28(32)35)24(29)8-7-21-22-9-10-26(33)30(22,2)13-11-23(21)29/h3-6,21-26,33H,7-18H2,1-2H3/t21?,22?,23?,24-,25-,26?,29?,30?/m0/s1. The van der Waals surface area contributed by atoms with Gasteiger partial charge in [0.2, 0.25) is 0 Å². The van der Waals surface area contributed by atoms with Crippen molar-refractivity contribution in [1.29, 1.82) is 0 Å². The lowest BCUT2D eigenvalue weighted by molar-refractivity contribution is -0.269. The molecule has 1 N–H and O–H groups in total. The molecule has 0 aromatic heterocycles. The first-order valence-corrected chi connectivity index (χ1v) is 14.7. The molecule has 1 aromatic rings. The highest BCUT2D eigenvalue weighted by molar-refractivity contribution is 6.21. The van der Waals surface area contributed by atoms with E-state index in [1.165, 1.54) is 24.2 Å². The molecule has 2 heterocycles. The molecule has 7 rings (SSSR count). The lowest BCUT2D eigenvalue weighted by atomic mass is 9.43. The molecule has 2 aliphatic heterocycles. The van der Waals surface area contributed by atoms with Crippen LogP contribution in [0.5, 0.6) is 0 Å². The number of amides is 2. The minimum atomic E-state index is -0.581. The average molecular weight is 508 g/mol. The maximum Gasteiger partial charge on any atom is 0.261 e. The number of carbonyl (C=O) groups excluding carboxylic acids is 2. The van der Waals surface area contributed by atoms with Crippen LogP contribution < -0.4 is 0 Å². The molecular weight excluding hydrogens is 466 g/mol. The lowest BCUT2D eigenvalue weighted by Crippen LogP contribution is -2.60. The summed E-state index contributed by atoms with van der Waals surface area (Å²) in [6, 6.07) is 7.17. The minimum Gasteiger partial charge on any atom is -0.393 e. The minimum absolute atomic E-state index is 0.0861. The third kappa shape index (κ3) is 3.28. The van der Waals surface area contributed by atoms with E-state index in [0.717, 1.165) is 38.5 Å². The summed E-state index contributed by atoms with van der Waals surface area (Å²) in [4.78, 5) is 27.7. The Morgan fingerprint density at radius 1 is 0.838 bits per heavy atom. The number of aliphatic hydroxyl groups is 1. The van der Waals surface area contributed by atoms with Crippen LogP contribution in [0.1, 0.15) is 92.4 Å². The molecule has 8 atom stereocenters. The summed E-state index contributed by atoms with van der Waals surface area (Å²) >= 11 is 0. The molecule has 200 valence electrons. The molecule has 4 aliphatic carbocycles. The van der Waals surface area contributed by atoms with Crippen LogP contribution in [-0.2, 0) is 9.47 Å². The van der Waals surface area contributed by atoms with Gasteiger partial charge in [0, 0.05) is 18.9 Å². The Bertz CT molecular complexity index is 1080. The topological polar surface area (TPSA) is 76.1 Å².